The first-order valence-corrected chi connectivity index (χ1v) is 11.0. The van der Waals surface area contributed by atoms with Crippen LogP contribution >= 0.6 is 0 Å². The monoisotopic (exact) mass is 402 g/mol. The van der Waals surface area contributed by atoms with E-state index in [0.29, 0.717) is 11.5 Å². The van der Waals surface area contributed by atoms with E-state index in [1.807, 2.05) is 44.2 Å². The van der Waals surface area contributed by atoms with Crippen LogP contribution in [0, 0.1) is 5.92 Å². The third-order valence-electron chi connectivity index (χ3n) is 4.71. The van der Waals surface area contributed by atoms with Crippen LogP contribution in [-0.2, 0) is 10.0 Å². The number of benzene rings is 2. The lowest BCUT2D eigenvalue weighted by Crippen LogP contribution is -2.33. The molecule has 6 heteroatoms. The molecule has 0 bridgehead atoms. The molecule has 0 saturated heterocycles. The molecule has 2 aromatic carbocycles. The minimum absolute atomic E-state index is 0.122. The highest BCUT2D eigenvalue weighted by Gasteiger charge is 2.24. The molecule has 0 fully saturated rings. The zero-order valence-electron chi connectivity index (χ0n) is 17.2. The molecule has 0 radical (unpaired) electrons. The molecule has 1 atom stereocenters. The highest BCUT2D eigenvalue weighted by molar-refractivity contribution is 7.89. The normalized spacial score (nSPS) is 13.1. The summed E-state index contributed by atoms with van der Waals surface area (Å²) in [6, 6.07) is 15.7. The molecule has 5 nitrogen and oxygen atoms in total. The number of hydrogen-bond donors (Lipinski definition) is 1. The lowest BCUT2D eigenvalue weighted by atomic mass is 9.96. The number of rotatable bonds is 8. The Kier molecular flexibility index (Phi) is 7.38. The summed E-state index contributed by atoms with van der Waals surface area (Å²) in [5.74, 6) is 0.121. The van der Waals surface area contributed by atoms with Crippen LogP contribution in [0.1, 0.15) is 56.1 Å². The lowest BCUT2D eigenvalue weighted by Gasteiger charge is -2.22. The quantitative estimate of drug-likeness (QED) is 0.718. The van der Waals surface area contributed by atoms with Crippen molar-refractivity contribution in [3.63, 3.8) is 0 Å². The summed E-state index contributed by atoms with van der Waals surface area (Å²) < 4.78 is 26.8. The molecule has 1 unspecified atom stereocenters. The van der Waals surface area contributed by atoms with Gasteiger partial charge in [0.15, 0.2) is 0 Å². The zero-order chi connectivity index (χ0) is 20.9. The molecule has 0 saturated carbocycles. The number of amides is 1. The van der Waals surface area contributed by atoms with E-state index in [-0.39, 0.29) is 22.9 Å². The predicted octanol–water partition coefficient (Wildman–Crippen LogP) is 4.23. The first-order valence-electron chi connectivity index (χ1n) is 9.56. The Morgan fingerprint density at radius 1 is 1.00 bits per heavy atom. The SMILES string of the molecule is CC(C)CC(NC(=O)c1cccc(S(=O)(=O)N(C)C(C)C)c1)c1ccccc1. The van der Waals surface area contributed by atoms with Gasteiger partial charge in [-0.25, -0.2) is 8.42 Å². The van der Waals surface area contributed by atoms with Gasteiger partial charge in [-0.15, -0.1) is 0 Å². The van der Waals surface area contributed by atoms with Crippen molar-refractivity contribution in [2.45, 2.75) is 51.1 Å². The van der Waals surface area contributed by atoms with Gasteiger partial charge in [0.1, 0.15) is 0 Å². The third-order valence-corrected chi connectivity index (χ3v) is 6.74. The van der Waals surface area contributed by atoms with Crippen LogP contribution in [0.15, 0.2) is 59.5 Å². The minimum atomic E-state index is -3.64. The summed E-state index contributed by atoms with van der Waals surface area (Å²) in [4.78, 5) is 13.0. The molecule has 0 aliphatic carbocycles. The summed E-state index contributed by atoms with van der Waals surface area (Å²) in [5.41, 5.74) is 1.37. The second kappa shape index (κ2) is 9.34. The largest absolute Gasteiger partial charge is 0.345 e. The number of carbonyl (C=O) groups excluding carboxylic acids is 1. The van der Waals surface area contributed by atoms with Crippen LogP contribution in [0.5, 0.6) is 0 Å². The highest BCUT2D eigenvalue weighted by atomic mass is 32.2. The van der Waals surface area contributed by atoms with Crippen molar-refractivity contribution in [3.8, 4) is 0 Å². The predicted molar refractivity (Wildman–Crippen MR) is 113 cm³/mol. The third kappa shape index (κ3) is 5.42. The Balaban J connectivity index is 2.28. The van der Waals surface area contributed by atoms with E-state index in [1.54, 1.807) is 19.2 Å². The van der Waals surface area contributed by atoms with E-state index in [0.717, 1.165) is 12.0 Å². The van der Waals surface area contributed by atoms with Gasteiger partial charge in [-0.2, -0.15) is 4.31 Å². The van der Waals surface area contributed by atoms with Crippen molar-refractivity contribution in [2.75, 3.05) is 7.05 Å². The molecule has 2 rings (SSSR count). The van der Waals surface area contributed by atoms with Crippen LogP contribution in [0.4, 0.5) is 0 Å². The maximum atomic E-state index is 12.9. The van der Waals surface area contributed by atoms with E-state index in [4.69, 9.17) is 0 Å². The van der Waals surface area contributed by atoms with Gasteiger partial charge in [-0.1, -0.05) is 50.2 Å². The minimum Gasteiger partial charge on any atom is -0.345 e. The first kappa shape index (κ1) is 22.1. The standard InChI is InChI=1S/C22H30N2O3S/c1-16(2)14-21(18-10-7-6-8-11-18)23-22(25)19-12-9-13-20(15-19)28(26,27)24(5)17(3)4/h6-13,15-17,21H,14H2,1-5H3,(H,23,25). The first-order chi connectivity index (χ1) is 13.1. The summed E-state index contributed by atoms with van der Waals surface area (Å²) >= 11 is 0. The van der Waals surface area contributed by atoms with Gasteiger partial charge >= 0.3 is 0 Å². The zero-order valence-corrected chi connectivity index (χ0v) is 18.0. The van der Waals surface area contributed by atoms with Crippen molar-refractivity contribution >= 4 is 15.9 Å². The van der Waals surface area contributed by atoms with Gasteiger partial charge in [0.05, 0.1) is 10.9 Å². The van der Waals surface area contributed by atoms with E-state index in [9.17, 15) is 13.2 Å². The lowest BCUT2D eigenvalue weighted by molar-refractivity contribution is 0.0931. The fraction of sp³-hybridized carbons (Fsp3) is 0.409. The molecule has 1 amide bonds. The second-order valence-electron chi connectivity index (χ2n) is 7.71. The van der Waals surface area contributed by atoms with Crippen LogP contribution in [-0.4, -0.2) is 31.7 Å². The van der Waals surface area contributed by atoms with Crippen molar-refractivity contribution in [3.05, 3.63) is 65.7 Å². The fourth-order valence-corrected chi connectivity index (χ4v) is 4.33. The molecule has 152 valence electrons. The Labute approximate surface area is 168 Å². The summed E-state index contributed by atoms with van der Waals surface area (Å²) in [7, 11) is -2.10. The highest BCUT2D eigenvalue weighted by Crippen LogP contribution is 2.23. The average Bonchev–Trinajstić information content (AvgIpc) is 2.67. The van der Waals surface area contributed by atoms with Gasteiger partial charge < -0.3 is 5.32 Å². The smallest absolute Gasteiger partial charge is 0.251 e. The van der Waals surface area contributed by atoms with Gasteiger partial charge in [0, 0.05) is 18.7 Å². The number of carbonyl (C=O) groups is 1. The van der Waals surface area contributed by atoms with Gasteiger partial charge in [0.25, 0.3) is 5.91 Å². The van der Waals surface area contributed by atoms with E-state index < -0.39 is 10.0 Å². The Morgan fingerprint density at radius 2 is 1.64 bits per heavy atom. The van der Waals surface area contributed by atoms with Crippen LogP contribution in [0.3, 0.4) is 0 Å². The number of hydrogen-bond acceptors (Lipinski definition) is 3. The number of sulfonamides is 1. The maximum Gasteiger partial charge on any atom is 0.251 e. The fourth-order valence-electron chi connectivity index (χ4n) is 2.92. The number of nitrogens with one attached hydrogen (secondary N) is 1. The molecular weight excluding hydrogens is 372 g/mol. The molecule has 0 aliphatic rings. The van der Waals surface area contributed by atoms with Gasteiger partial charge in [-0.3, -0.25) is 4.79 Å². The van der Waals surface area contributed by atoms with Crippen molar-refractivity contribution < 1.29 is 13.2 Å². The van der Waals surface area contributed by atoms with Crippen molar-refractivity contribution in [2.24, 2.45) is 5.92 Å². The molecule has 2 aromatic rings. The molecule has 0 spiro atoms. The average molecular weight is 403 g/mol. The van der Waals surface area contributed by atoms with Crippen molar-refractivity contribution in [1.29, 1.82) is 0 Å². The Morgan fingerprint density at radius 3 is 2.21 bits per heavy atom. The van der Waals surface area contributed by atoms with Gasteiger partial charge in [-0.05, 0) is 49.9 Å². The molecule has 1 N–H and O–H groups in total. The van der Waals surface area contributed by atoms with E-state index >= 15 is 0 Å². The van der Waals surface area contributed by atoms with Crippen LogP contribution in [0.25, 0.3) is 0 Å². The Bertz CT molecular complexity index is 893. The molecule has 0 aromatic heterocycles. The summed E-state index contributed by atoms with van der Waals surface area (Å²) in [6.07, 6.45) is 0.795. The maximum absolute atomic E-state index is 12.9. The molecule has 0 heterocycles. The molecular formula is C22H30N2O3S. The van der Waals surface area contributed by atoms with E-state index in [1.165, 1.54) is 16.4 Å². The second-order valence-corrected chi connectivity index (χ2v) is 9.71. The Hall–Kier alpha value is -2.18. The van der Waals surface area contributed by atoms with Crippen LogP contribution in [0.2, 0.25) is 0 Å². The molecule has 28 heavy (non-hydrogen) atoms. The number of nitrogens with zero attached hydrogens (tertiary/aromatic N) is 1. The molecule has 0 aliphatic heterocycles. The summed E-state index contributed by atoms with van der Waals surface area (Å²) in [5, 5.41) is 3.06. The van der Waals surface area contributed by atoms with Crippen LogP contribution < -0.4 is 5.32 Å². The van der Waals surface area contributed by atoms with Crippen molar-refractivity contribution in [1.82, 2.24) is 9.62 Å². The van der Waals surface area contributed by atoms with E-state index in [2.05, 4.69) is 19.2 Å². The van der Waals surface area contributed by atoms with Gasteiger partial charge in [0.2, 0.25) is 10.0 Å². The summed E-state index contributed by atoms with van der Waals surface area (Å²) in [6.45, 7) is 7.84. The topological polar surface area (TPSA) is 66.5 Å².